The molecule has 0 radical (unpaired) electrons. The fourth-order valence-corrected chi connectivity index (χ4v) is 2.94. The summed E-state index contributed by atoms with van der Waals surface area (Å²) in [5.74, 6) is 6.32. The molecular formula is C22H18N4. The standard InChI is InChI=1S/C22H18N4/c1-3-16-15-20-22(24-21(16)17-7-5-4-6-8-17)18(11-13-23-20)9-10-19-12-14-26(2)25-19/h4-8,11-15H,3H2,1-2H3. The Morgan fingerprint density at radius 1 is 1.04 bits per heavy atom. The molecule has 0 fully saturated rings. The van der Waals surface area contributed by atoms with Crippen LogP contribution in [-0.4, -0.2) is 19.7 Å². The molecule has 0 N–H and O–H groups in total. The summed E-state index contributed by atoms with van der Waals surface area (Å²) in [4.78, 5) is 9.44. The molecule has 3 heterocycles. The summed E-state index contributed by atoms with van der Waals surface area (Å²) >= 11 is 0. The van der Waals surface area contributed by atoms with Crippen LogP contribution >= 0.6 is 0 Å². The molecule has 0 spiro atoms. The summed E-state index contributed by atoms with van der Waals surface area (Å²) < 4.78 is 1.74. The van der Waals surface area contributed by atoms with Crippen LogP contribution in [0.1, 0.15) is 23.7 Å². The van der Waals surface area contributed by atoms with Crippen molar-refractivity contribution in [3.63, 3.8) is 0 Å². The van der Waals surface area contributed by atoms with Crippen LogP contribution in [-0.2, 0) is 13.5 Å². The molecule has 1 aromatic carbocycles. The molecule has 4 aromatic rings. The Kier molecular flexibility index (Phi) is 4.20. The minimum Gasteiger partial charge on any atom is -0.275 e. The maximum atomic E-state index is 4.94. The molecule has 3 aromatic heterocycles. The second kappa shape index (κ2) is 6.81. The van der Waals surface area contributed by atoms with Gasteiger partial charge >= 0.3 is 0 Å². The van der Waals surface area contributed by atoms with Crippen LogP contribution in [0.3, 0.4) is 0 Å². The quantitative estimate of drug-likeness (QED) is 0.519. The van der Waals surface area contributed by atoms with Gasteiger partial charge in [0.15, 0.2) is 0 Å². The average Bonchev–Trinajstić information content (AvgIpc) is 3.11. The third-order valence-corrected chi connectivity index (χ3v) is 4.26. The van der Waals surface area contributed by atoms with Gasteiger partial charge in [0.1, 0.15) is 11.2 Å². The number of hydrogen-bond acceptors (Lipinski definition) is 3. The van der Waals surface area contributed by atoms with E-state index < -0.39 is 0 Å². The van der Waals surface area contributed by atoms with Crippen LogP contribution in [0.5, 0.6) is 0 Å². The van der Waals surface area contributed by atoms with Crippen LogP contribution in [0.2, 0.25) is 0 Å². The molecule has 26 heavy (non-hydrogen) atoms. The molecule has 0 unspecified atom stereocenters. The summed E-state index contributed by atoms with van der Waals surface area (Å²) in [6.07, 6.45) is 4.57. The Morgan fingerprint density at radius 3 is 2.62 bits per heavy atom. The Hall–Kier alpha value is -3.45. The fraction of sp³-hybridized carbons (Fsp3) is 0.136. The lowest BCUT2D eigenvalue weighted by Crippen LogP contribution is -1.96. The summed E-state index contributed by atoms with van der Waals surface area (Å²) in [6.45, 7) is 2.14. The first-order valence-corrected chi connectivity index (χ1v) is 8.60. The molecule has 0 aliphatic rings. The highest BCUT2D eigenvalue weighted by Crippen LogP contribution is 2.26. The number of rotatable bonds is 2. The predicted molar refractivity (Wildman–Crippen MR) is 104 cm³/mol. The van der Waals surface area contributed by atoms with E-state index in [1.54, 1.807) is 10.9 Å². The van der Waals surface area contributed by atoms with E-state index in [1.807, 2.05) is 43.6 Å². The highest BCUT2D eigenvalue weighted by atomic mass is 15.2. The van der Waals surface area contributed by atoms with Crippen LogP contribution in [0.15, 0.2) is 60.9 Å². The molecule has 0 atom stereocenters. The molecule has 126 valence electrons. The lowest BCUT2D eigenvalue weighted by molar-refractivity contribution is 0.764. The fourth-order valence-electron chi connectivity index (χ4n) is 2.94. The zero-order valence-electron chi connectivity index (χ0n) is 14.8. The van der Waals surface area contributed by atoms with Gasteiger partial charge in [0.2, 0.25) is 0 Å². The monoisotopic (exact) mass is 338 g/mol. The average molecular weight is 338 g/mol. The number of benzene rings is 1. The van der Waals surface area contributed by atoms with Gasteiger partial charge in [-0.2, -0.15) is 5.10 Å². The highest BCUT2D eigenvalue weighted by molar-refractivity contribution is 5.85. The van der Waals surface area contributed by atoms with Crippen molar-refractivity contribution < 1.29 is 0 Å². The molecule has 0 saturated carbocycles. The van der Waals surface area contributed by atoms with Gasteiger partial charge < -0.3 is 0 Å². The van der Waals surface area contributed by atoms with Gasteiger partial charge in [-0.1, -0.05) is 43.2 Å². The first-order valence-electron chi connectivity index (χ1n) is 8.60. The molecule has 0 bridgehead atoms. The largest absolute Gasteiger partial charge is 0.275 e. The minimum absolute atomic E-state index is 0.742. The van der Waals surface area contributed by atoms with Crippen molar-refractivity contribution in [1.82, 2.24) is 19.7 Å². The molecule has 4 heteroatoms. The predicted octanol–water partition coefficient (Wildman–Crippen LogP) is 3.99. The number of hydrogen-bond donors (Lipinski definition) is 0. The van der Waals surface area contributed by atoms with Gasteiger partial charge in [0, 0.05) is 25.0 Å². The molecule has 4 rings (SSSR count). The van der Waals surface area contributed by atoms with E-state index in [4.69, 9.17) is 4.98 Å². The minimum atomic E-state index is 0.742. The van der Waals surface area contributed by atoms with Gasteiger partial charge in [0.25, 0.3) is 0 Å². The topological polar surface area (TPSA) is 43.6 Å². The lowest BCUT2D eigenvalue weighted by Gasteiger charge is -2.10. The van der Waals surface area contributed by atoms with Crippen molar-refractivity contribution in [1.29, 1.82) is 0 Å². The molecule has 0 aliphatic heterocycles. The van der Waals surface area contributed by atoms with Crippen molar-refractivity contribution in [2.75, 3.05) is 0 Å². The molecule has 0 saturated heterocycles. The van der Waals surface area contributed by atoms with E-state index in [0.29, 0.717) is 0 Å². The first kappa shape index (κ1) is 16.0. The third-order valence-electron chi connectivity index (χ3n) is 4.26. The normalized spacial score (nSPS) is 10.5. The number of aryl methyl sites for hydroxylation is 2. The van der Waals surface area contributed by atoms with Crippen molar-refractivity contribution in [2.45, 2.75) is 13.3 Å². The molecular weight excluding hydrogens is 320 g/mol. The van der Waals surface area contributed by atoms with E-state index >= 15 is 0 Å². The Bertz CT molecular complexity index is 1130. The van der Waals surface area contributed by atoms with E-state index in [1.165, 1.54) is 5.56 Å². The van der Waals surface area contributed by atoms with E-state index in [2.05, 4.69) is 47.0 Å². The van der Waals surface area contributed by atoms with Crippen molar-refractivity contribution >= 4 is 11.0 Å². The van der Waals surface area contributed by atoms with E-state index in [9.17, 15) is 0 Å². The van der Waals surface area contributed by atoms with Crippen molar-refractivity contribution in [2.24, 2.45) is 7.05 Å². The maximum Gasteiger partial charge on any atom is 0.135 e. The number of pyridine rings is 2. The van der Waals surface area contributed by atoms with Gasteiger partial charge in [-0.05, 0) is 36.1 Å². The summed E-state index contributed by atoms with van der Waals surface area (Å²) in [6, 6.07) is 16.2. The van der Waals surface area contributed by atoms with Gasteiger partial charge in [-0.15, -0.1) is 0 Å². The number of fused-ring (bicyclic) bond motifs is 1. The molecule has 0 amide bonds. The lowest BCUT2D eigenvalue weighted by atomic mass is 10.0. The third kappa shape index (κ3) is 3.07. The number of nitrogens with zero attached hydrogens (tertiary/aromatic N) is 4. The van der Waals surface area contributed by atoms with Gasteiger partial charge in [0.05, 0.1) is 16.8 Å². The summed E-state index contributed by atoms with van der Waals surface area (Å²) in [5, 5.41) is 4.31. The van der Waals surface area contributed by atoms with Gasteiger partial charge in [-0.3, -0.25) is 9.67 Å². The van der Waals surface area contributed by atoms with E-state index in [-0.39, 0.29) is 0 Å². The van der Waals surface area contributed by atoms with Crippen molar-refractivity contribution in [3.05, 3.63) is 77.7 Å². The van der Waals surface area contributed by atoms with E-state index in [0.717, 1.165) is 40.0 Å². The molecule has 0 aliphatic carbocycles. The zero-order chi connectivity index (χ0) is 17.9. The van der Waals surface area contributed by atoms with Crippen LogP contribution in [0.25, 0.3) is 22.3 Å². The summed E-state index contributed by atoms with van der Waals surface area (Å²) in [5.41, 5.74) is 6.59. The first-order chi connectivity index (χ1) is 12.7. The number of aromatic nitrogens is 4. The Balaban J connectivity index is 1.89. The van der Waals surface area contributed by atoms with Crippen LogP contribution in [0.4, 0.5) is 0 Å². The smallest absolute Gasteiger partial charge is 0.135 e. The highest BCUT2D eigenvalue weighted by Gasteiger charge is 2.10. The van der Waals surface area contributed by atoms with Crippen LogP contribution < -0.4 is 0 Å². The maximum absolute atomic E-state index is 4.94. The second-order valence-electron chi connectivity index (χ2n) is 6.07. The summed E-state index contributed by atoms with van der Waals surface area (Å²) in [7, 11) is 1.88. The zero-order valence-corrected chi connectivity index (χ0v) is 14.8. The van der Waals surface area contributed by atoms with Crippen molar-refractivity contribution in [3.8, 4) is 23.1 Å². The Morgan fingerprint density at radius 2 is 1.88 bits per heavy atom. The van der Waals surface area contributed by atoms with Gasteiger partial charge in [-0.25, -0.2) is 4.98 Å². The Labute approximate surface area is 152 Å². The van der Waals surface area contributed by atoms with Crippen LogP contribution in [0, 0.1) is 11.8 Å². The molecule has 4 nitrogen and oxygen atoms in total. The second-order valence-corrected chi connectivity index (χ2v) is 6.07. The SMILES string of the molecule is CCc1cc2nccc(C#Cc3ccn(C)n3)c2nc1-c1ccccc1.